The van der Waals surface area contributed by atoms with E-state index in [0.717, 1.165) is 29.4 Å². The molecule has 142 valence electrons. The van der Waals surface area contributed by atoms with Crippen molar-refractivity contribution in [2.45, 2.75) is 19.8 Å². The molecule has 1 aromatic heterocycles. The van der Waals surface area contributed by atoms with Crippen molar-refractivity contribution in [2.24, 2.45) is 5.92 Å². The molecule has 2 aliphatic rings. The van der Waals surface area contributed by atoms with Crippen LogP contribution in [0.25, 0.3) is 10.9 Å². The first kappa shape index (κ1) is 17.9. The van der Waals surface area contributed by atoms with Gasteiger partial charge in [-0.2, -0.15) is 0 Å². The lowest BCUT2D eigenvalue weighted by atomic mass is 9.95. The molecule has 6 heteroatoms. The van der Waals surface area contributed by atoms with Crippen LogP contribution in [0.3, 0.4) is 0 Å². The van der Waals surface area contributed by atoms with E-state index in [2.05, 4.69) is 4.98 Å². The van der Waals surface area contributed by atoms with Crippen LogP contribution in [0.1, 0.15) is 28.9 Å². The predicted octanol–water partition coefficient (Wildman–Crippen LogP) is 2.25. The Kier molecular flexibility index (Phi) is 5.07. The first-order valence-corrected chi connectivity index (χ1v) is 9.65. The number of carbonyl (C=O) groups excluding carboxylic acids is 2. The minimum absolute atomic E-state index is 0.00354. The van der Waals surface area contributed by atoms with Crippen molar-refractivity contribution >= 4 is 22.7 Å². The average molecular weight is 367 g/mol. The number of para-hydroxylation sites is 1. The van der Waals surface area contributed by atoms with Gasteiger partial charge < -0.3 is 14.5 Å². The van der Waals surface area contributed by atoms with E-state index >= 15 is 0 Å². The zero-order valence-electron chi connectivity index (χ0n) is 15.7. The molecule has 6 nitrogen and oxygen atoms in total. The van der Waals surface area contributed by atoms with E-state index in [0.29, 0.717) is 45.0 Å². The van der Waals surface area contributed by atoms with Gasteiger partial charge >= 0.3 is 0 Å². The third kappa shape index (κ3) is 3.67. The molecular weight excluding hydrogens is 342 g/mol. The molecule has 2 fully saturated rings. The zero-order valence-corrected chi connectivity index (χ0v) is 15.7. The van der Waals surface area contributed by atoms with Gasteiger partial charge in [0.15, 0.2) is 0 Å². The average Bonchev–Trinajstić information content (AvgIpc) is 2.72. The highest BCUT2D eigenvalue weighted by atomic mass is 16.5. The van der Waals surface area contributed by atoms with Gasteiger partial charge in [-0.15, -0.1) is 0 Å². The molecule has 3 heterocycles. The molecule has 0 bridgehead atoms. The summed E-state index contributed by atoms with van der Waals surface area (Å²) >= 11 is 0. The van der Waals surface area contributed by atoms with Crippen LogP contribution < -0.4 is 0 Å². The lowest BCUT2D eigenvalue weighted by molar-refractivity contribution is -0.141. The predicted molar refractivity (Wildman–Crippen MR) is 103 cm³/mol. The van der Waals surface area contributed by atoms with Crippen molar-refractivity contribution in [3.63, 3.8) is 0 Å². The molecule has 0 spiro atoms. The molecule has 2 aromatic rings. The number of piperidine rings is 1. The van der Waals surface area contributed by atoms with Gasteiger partial charge in [0, 0.05) is 37.3 Å². The number of aryl methyl sites for hydroxylation is 1. The number of morpholine rings is 1. The molecule has 4 rings (SSSR count). The number of ether oxygens (including phenoxy) is 1. The van der Waals surface area contributed by atoms with E-state index in [4.69, 9.17) is 4.74 Å². The number of amides is 2. The van der Waals surface area contributed by atoms with Gasteiger partial charge in [0.25, 0.3) is 5.91 Å². The Morgan fingerprint density at radius 1 is 1.11 bits per heavy atom. The Balaban J connectivity index is 1.55. The van der Waals surface area contributed by atoms with E-state index in [9.17, 15) is 9.59 Å². The van der Waals surface area contributed by atoms with Crippen molar-refractivity contribution in [1.29, 1.82) is 0 Å². The smallest absolute Gasteiger partial charge is 0.254 e. The highest BCUT2D eigenvalue weighted by Gasteiger charge is 2.32. The molecular formula is C21H25N3O3. The third-order valence-corrected chi connectivity index (χ3v) is 5.46. The molecule has 2 aliphatic heterocycles. The number of carbonyl (C=O) groups is 2. The standard InChI is InChI=1S/C21H25N3O3/c1-15-13-18(17-6-2-3-7-19(17)22-15)21(26)24-8-4-5-16(14-24)20(25)23-9-11-27-12-10-23/h2-3,6-7,13,16H,4-5,8-12,14H2,1H3. The minimum Gasteiger partial charge on any atom is -0.378 e. The highest BCUT2D eigenvalue weighted by molar-refractivity contribution is 6.06. The topological polar surface area (TPSA) is 62.7 Å². The number of hydrogen-bond donors (Lipinski definition) is 0. The van der Waals surface area contributed by atoms with Gasteiger partial charge in [-0.05, 0) is 31.9 Å². The third-order valence-electron chi connectivity index (χ3n) is 5.46. The van der Waals surface area contributed by atoms with Crippen LogP contribution in [0.5, 0.6) is 0 Å². The van der Waals surface area contributed by atoms with Crippen LogP contribution in [0.2, 0.25) is 0 Å². The summed E-state index contributed by atoms with van der Waals surface area (Å²) in [7, 11) is 0. The van der Waals surface area contributed by atoms with Crippen LogP contribution in [0.4, 0.5) is 0 Å². The zero-order chi connectivity index (χ0) is 18.8. The number of fused-ring (bicyclic) bond motifs is 1. The molecule has 1 unspecified atom stereocenters. The Bertz CT molecular complexity index is 861. The summed E-state index contributed by atoms with van der Waals surface area (Å²) in [6, 6.07) is 9.59. The lowest BCUT2D eigenvalue weighted by Gasteiger charge is -2.36. The van der Waals surface area contributed by atoms with E-state index in [1.807, 2.05) is 47.1 Å². The summed E-state index contributed by atoms with van der Waals surface area (Å²) in [4.78, 5) is 34.4. The Hall–Kier alpha value is -2.47. The fourth-order valence-corrected chi connectivity index (χ4v) is 4.06. The van der Waals surface area contributed by atoms with Crippen LogP contribution >= 0.6 is 0 Å². The molecule has 0 N–H and O–H groups in total. The maximum absolute atomic E-state index is 13.3. The summed E-state index contributed by atoms with van der Waals surface area (Å²) in [6.07, 6.45) is 1.70. The van der Waals surface area contributed by atoms with Gasteiger partial charge in [0.2, 0.25) is 5.91 Å². The summed E-state index contributed by atoms with van der Waals surface area (Å²) in [5.41, 5.74) is 2.34. The Morgan fingerprint density at radius 2 is 1.89 bits per heavy atom. The van der Waals surface area contributed by atoms with Gasteiger partial charge in [0.05, 0.1) is 30.2 Å². The van der Waals surface area contributed by atoms with Gasteiger partial charge in [-0.25, -0.2) is 0 Å². The number of pyridine rings is 1. The normalized spacial score (nSPS) is 20.7. The van der Waals surface area contributed by atoms with Crippen LogP contribution in [-0.2, 0) is 9.53 Å². The molecule has 1 aromatic carbocycles. The molecule has 2 amide bonds. The fraction of sp³-hybridized carbons (Fsp3) is 0.476. The van der Waals surface area contributed by atoms with Gasteiger partial charge in [-0.3, -0.25) is 14.6 Å². The second kappa shape index (κ2) is 7.64. The Labute approximate surface area is 159 Å². The second-order valence-corrected chi connectivity index (χ2v) is 7.36. The van der Waals surface area contributed by atoms with Gasteiger partial charge in [-0.1, -0.05) is 18.2 Å². The first-order chi connectivity index (χ1) is 13.1. The number of hydrogen-bond acceptors (Lipinski definition) is 4. The summed E-state index contributed by atoms with van der Waals surface area (Å²) in [6.45, 7) is 5.60. The number of benzene rings is 1. The Morgan fingerprint density at radius 3 is 2.70 bits per heavy atom. The monoisotopic (exact) mass is 367 g/mol. The molecule has 2 saturated heterocycles. The molecule has 1 atom stereocenters. The number of rotatable bonds is 2. The van der Waals surface area contributed by atoms with Crippen molar-refractivity contribution in [1.82, 2.24) is 14.8 Å². The maximum Gasteiger partial charge on any atom is 0.254 e. The van der Waals surface area contributed by atoms with E-state index in [-0.39, 0.29) is 17.7 Å². The molecule has 0 aliphatic carbocycles. The number of aromatic nitrogens is 1. The summed E-state index contributed by atoms with van der Waals surface area (Å²) < 4.78 is 5.34. The molecule has 27 heavy (non-hydrogen) atoms. The largest absolute Gasteiger partial charge is 0.378 e. The summed E-state index contributed by atoms with van der Waals surface area (Å²) in [5.74, 6) is 0.0396. The lowest BCUT2D eigenvalue weighted by Crippen LogP contribution is -2.49. The molecule has 0 saturated carbocycles. The van der Waals surface area contributed by atoms with E-state index in [1.165, 1.54) is 0 Å². The van der Waals surface area contributed by atoms with E-state index in [1.54, 1.807) is 0 Å². The quantitative estimate of drug-likeness (QED) is 0.817. The maximum atomic E-state index is 13.3. The van der Waals surface area contributed by atoms with E-state index < -0.39 is 0 Å². The first-order valence-electron chi connectivity index (χ1n) is 9.65. The van der Waals surface area contributed by atoms with Crippen LogP contribution in [-0.4, -0.2) is 66.0 Å². The van der Waals surface area contributed by atoms with Crippen molar-refractivity contribution in [2.75, 3.05) is 39.4 Å². The van der Waals surface area contributed by atoms with Crippen LogP contribution in [0.15, 0.2) is 30.3 Å². The minimum atomic E-state index is -0.116. The highest BCUT2D eigenvalue weighted by Crippen LogP contribution is 2.24. The van der Waals surface area contributed by atoms with Crippen molar-refractivity contribution in [3.05, 3.63) is 41.6 Å². The van der Waals surface area contributed by atoms with Crippen LogP contribution in [0, 0.1) is 12.8 Å². The van der Waals surface area contributed by atoms with Crippen molar-refractivity contribution in [3.8, 4) is 0 Å². The second-order valence-electron chi connectivity index (χ2n) is 7.36. The number of likely N-dealkylation sites (tertiary alicyclic amines) is 1. The van der Waals surface area contributed by atoms with Crippen molar-refractivity contribution < 1.29 is 14.3 Å². The number of nitrogens with zero attached hydrogens (tertiary/aromatic N) is 3. The SMILES string of the molecule is Cc1cc(C(=O)N2CCCC(C(=O)N3CCOCC3)C2)c2ccccc2n1. The summed E-state index contributed by atoms with van der Waals surface area (Å²) in [5, 5.41) is 0.870. The fourth-order valence-electron chi connectivity index (χ4n) is 4.06. The molecule has 0 radical (unpaired) electrons. The van der Waals surface area contributed by atoms with Gasteiger partial charge in [0.1, 0.15) is 0 Å².